The average molecular weight is 757 g/mol. The Bertz CT molecular complexity index is 2440. The molecule has 6 rings (SSSR count). The molecule has 0 heterocycles. The van der Waals surface area contributed by atoms with E-state index in [4.69, 9.17) is 0 Å². The lowest BCUT2D eigenvalue weighted by atomic mass is 9.96. The first-order valence-electron chi connectivity index (χ1n) is 17.5. The van der Waals surface area contributed by atoms with Crippen LogP contribution in [0.2, 0.25) is 0 Å². The van der Waals surface area contributed by atoms with Crippen LogP contribution in [0.5, 0.6) is 0 Å². The summed E-state index contributed by atoms with van der Waals surface area (Å²) in [5, 5.41) is 0. The van der Waals surface area contributed by atoms with E-state index in [-0.39, 0.29) is 31.1 Å². The molecule has 276 valence electrons. The number of carbonyl (C=O) groups excluding carboxylic acids is 2. The Morgan fingerprint density at radius 3 is 0.815 bits per heavy atom. The van der Waals surface area contributed by atoms with E-state index >= 15 is 0 Å². The van der Waals surface area contributed by atoms with E-state index in [1.54, 1.807) is 60.7 Å². The first-order valence-corrected chi connectivity index (χ1v) is 20.5. The number of sulfone groups is 2. The summed E-state index contributed by atoms with van der Waals surface area (Å²) in [5.74, 6) is -0.0587. The van der Waals surface area contributed by atoms with Crippen molar-refractivity contribution < 1.29 is 26.4 Å². The predicted molar refractivity (Wildman–Crippen MR) is 214 cm³/mol. The van der Waals surface area contributed by atoms with E-state index in [9.17, 15) is 26.4 Å². The summed E-state index contributed by atoms with van der Waals surface area (Å²) in [6, 6.07) is 33.6. The van der Waals surface area contributed by atoms with E-state index in [1.807, 2.05) is 91.8 Å². The van der Waals surface area contributed by atoms with Gasteiger partial charge in [0.25, 0.3) is 0 Å². The van der Waals surface area contributed by atoms with Gasteiger partial charge in [-0.3, -0.25) is 9.59 Å². The molecule has 0 fully saturated rings. The summed E-state index contributed by atoms with van der Waals surface area (Å²) in [7, 11) is -7.42. The maximum atomic E-state index is 12.9. The summed E-state index contributed by atoms with van der Waals surface area (Å²) in [6.07, 6.45) is 0. The maximum absolute atomic E-state index is 12.9. The van der Waals surface area contributed by atoms with Gasteiger partial charge in [-0.15, -0.1) is 0 Å². The fourth-order valence-electron chi connectivity index (χ4n) is 5.70. The normalized spacial score (nSPS) is 11.4. The van der Waals surface area contributed by atoms with Crippen molar-refractivity contribution in [1.82, 2.24) is 0 Å². The Morgan fingerprint density at radius 2 is 0.537 bits per heavy atom. The minimum Gasteiger partial charge on any atom is -0.289 e. The van der Waals surface area contributed by atoms with Crippen molar-refractivity contribution in [3.05, 3.63) is 188 Å². The SMILES string of the molecule is Cc1ccc(C(=O)c2ccc(C(=O)c3ccc(C)c(C)c3)cc2)cc1C.Cc1ccc(S(=O)(=O)c2ccc(S(=O)(=O)c3ccc(C)c(C)c3)cc2)cc1C. The molecule has 0 amide bonds. The predicted octanol–water partition coefficient (Wildman–Crippen LogP) is 9.97. The lowest BCUT2D eigenvalue weighted by Crippen LogP contribution is -2.05. The third-order valence-corrected chi connectivity index (χ3v) is 13.5. The molecule has 0 saturated carbocycles. The van der Waals surface area contributed by atoms with Crippen LogP contribution in [-0.2, 0) is 19.7 Å². The molecule has 0 spiro atoms. The minimum absolute atomic E-state index is 0.0294. The molecule has 6 aromatic rings. The molecule has 0 aliphatic carbocycles. The second-order valence-electron chi connectivity index (χ2n) is 13.8. The monoisotopic (exact) mass is 756 g/mol. The molecule has 54 heavy (non-hydrogen) atoms. The van der Waals surface area contributed by atoms with Crippen LogP contribution >= 0.6 is 0 Å². The fraction of sp³-hybridized carbons (Fsp3) is 0.174. The van der Waals surface area contributed by atoms with E-state index in [1.165, 1.54) is 24.3 Å². The number of ketones is 2. The smallest absolute Gasteiger partial charge is 0.206 e. The number of hydrogen-bond acceptors (Lipinski definition) is 6. The van der Waals surface area contributed by atoms with Crippen molar-refractivity contribution in [2.45, 2.75) is 75.0 Å². The van der Waals surface area contributed by atoms with Gasteiger partial charge in [0.05, 0.1) is 19.6 Å². The zero-order valence-electron chi connectivity index (χ0n) is 31.8. The highest BCUT2D eigenvalue weighted by Crippen LogP contribution is 2.27. The molecule has 0 N–H and O–H groups in total. The fourth-order valence-corrected chi connectivity index (χ4v) is 8.40. The molecular weight excluding hydrogens is 713 g/mol. The molecule has 0 saturated heterocycles. The number of carbonyl (C=O) groups is 2. The first kappa shape index (κ1) is 39.8. The Morgan fingerprint density at radius 1 is 0.296 bits per heavy atom. The van der Waals surface area contributed by atoms with Crippen molar-refractivity contribution in [3.8, 4) is 0 Å². The van der Waals surface area contributed by atoms with E-state index in [0.29, 0.717) is 22.3 Å². The number of hydrogen-bond donors (Lipinski definition) is 0. The van der Waals surface area contributed by atoms with Crippen molar-refractivity contribution in [2.24, 2.45) is 0 Å². The van der Waals surface area contributed by atoms with Gasteiger partial charge in [0, 0.05) is 22.3 Å². The highest BCUT2D eigenvalue weighted by atomic mass is 32.2. The standard InChI is InChI=1S/C24H22O2.C22H22O4S2/c1-15-5-7-21(13-17(15)3)23(25)19-9-11-20(12-10-19)24(26)22-8-6-16(2)18(4)14-22;1-15-5-7-21(13-17(15)3)27(23,24)19-9-11-20(12-10-19)28(25,26)22-8-6-16(2)18(4)14-22/h5-14H,1-4H3;5-14H,1-4H3. The molecule has 0 unspecified atom stereocenters. The van der Waals surface area contributed by atoms with Crippen LogP contribution in [-0.4, -0.2) is 28.4 Å². The van der Waals surface area contributed by atoms with Crippen molar-refractivity contribution >= 4 is 31.2 Å². The van der Waals surface area contributed by atoms with Crippen LogP contribution in [0.1, 0.15) is 76.4 Å². The Balaban J connectivity index is 0.000000208. The van der Waals surface area contributed by atoms with Crippen LogP contribution in [0.4, 0.5) is 0 Å². The third-order valence-electron chi connectivity index (χ3n) is 9.97. The molecule has 0 aliphatic rings. The number of aryl methyl sites for hydroxylation is 8. The van der Waals surface area contributed by atoms with Gasteiger partial charge in [-0.05, 0) is 161 Å². The van der Waals surface area contributed by atoms with E-state index in [0.717, 1.165) is 44.5 Å². The van der Waals surface area contributed by atoms with Gasteiger partial charge in [-0.1, -0.05) is 60.7 Å². The van der Waals surface area contributed by atoms with Crippen LogP contribution in [0.15, 0.2) is 141 Å². The molecule has 0 radical (unpaired) electrons. The molecule has 8 heteroatoms. The molecular formula is C46H44O6S2. The lowest BCUT2D eigenvalue weighted by Gasteiger charge is -2.10. The van der Waals surface area contributed by atoms with Gasteiger partial charge >= 0.3 is 0 Å². The van der Waals surface area contributed by atoms with Crippen molar-refractivity contribution in [1.29, 1.82) is 0 Å². The third kappa shape index (κ3) is 8.51. The average Bonchev–Trinajstić information content (AvgIpc) is 3.15. The highest BCUT2D eigenvalue weighted by Gasteiger charge is 2.22. The zero-order valence-corrected chi connectivity index (χ0v) is 33.4. The minimum atomic E-state index is -3.71. The first-order chi connectivity index (χ1) is 25.4. The van der Waals surface area contributed by atoms with Gasteiger partial charge in [-0.2, -0.15) is 0 Å². The summed E-state index contributed by atoms with van der Waals surface area (Å²) < 4.78 is 51.4. The maximum Gasteiger partial charge on any atom is 0.206 e. The molecule has 0 atom stereocenters. The van der Waals surface area contributed by atoms with Crippen LogP contribution in [0.25, 0.3) is 0 Å². The highest BCUT2D eigenvalue weighted by molar-refractivity contribution is 7.92. The zero-order chi connectivity index (χ0) is 39.5. The Kier molecular flexibility index (Phi) is 11.7. The largest absolute Gasteiger partial charge is 0.289 e. The Labute approximate surface area is 319 Å². The molecule has 0 bridgehead atoms. The van der Waals surface area contributed by atoms with Crippen LogP contribution in [0, 0.1) is 55.4 Å². The van der Waals surface area contributed by atoms with Gasteiger partial charge in [-0.25, -0.2) is 16.8 Å². The lowest BCUT2D eigenvalue weighted by molar-refractivity contribution is 0.102. The van der Waals surface area contributed by atoms with Gasteiger partial charge in [0.2, 0.25) is 19.7 Å². The van der Waals surface area contributed by atoms with Crippen LogP contribution < -0.4 is 0 Å². The second-order valence-corrected chi connectivity index (χ2v) is 17.7. The van der Waals surface area contributed by atoms with Crippen molar-refractivity contribution in [2.75, 3.05) is 0 Å². The molecule has 6 aromatic carbocycles. The Hall–Kier alpha value is -5.44. The summed E-state index contributed by atoms with van der Waals surface area (Å²) >= 11 is 0. The van der Waals surface area contributed by atoms with Crippen LogP contribution in [0.3, 0.4) is 0 Å². The van der Waals surface area contributed by atoms with E-state index < -0.39 is 19.7 Å². The summed E-state index contributed by atoms with van der Waals surface area (Å²) in [6.45, 7) is 15.6. The van der Waals surface area contributed by atoms with E-state index in [2.05, 4.69) is 0 Å². The van der Waals surface area contributed by atoms with Gasteiger partial charge < -0.3 is 0 Å². The topological polar surface area (TPSA) is 102 Å². The molecule has 0 aliphatic heterocycles. The number of rotatable bonds is 8. The molecule has 6 nitrogen and oxygen atoms in total. The quantitative estimate of drug-likeness (QED) is 0.143. The molecule has 0 aromatic heterocycles. The summed E-state index contributed by atoms with van der Waals surface area (Å²) in [5.41, 5.74) is 10.8. The van der Waals surface area contributed by atoms with Gasteiger partial charge in [0.15, 0.2) is 11.6 Å². The van der Waals surface area contributed by atoms with Gasteiger partial charge in [0.1, 0.15) is 0 Å². The van der Waals surface area contributed by atoms with Crippen molar-refractivity contribution in [3.63, 3.8) is 0 Å². The number of benzene rings is 6. The second kappa shape index (κ2) is 15.9. The summed E-state index contributed by atoms with van der Waals surface area (Å²) in [4.78, 5) is 25.8.